The number of carboxylic acid groups (broad SMARTS) is 1. The Morgan fingerprint density at radius 1 is 1.44 bits per heavy atom. The molecule has 2 N–H and O–H groups in total. The first-order valence-electron chi connectivity index (χ1n) is 6.41. The summed E-state index contributed by atoms with van der Waals surface area (Å²) in [6.07, 6.45) is 2.55. The van der Waals surface area contributed by atoms with Crippen LogP contribution in [0.25, 0.3) is 0 Å². The van der Waals surface area contributed by atoms with E-state index in [0.717, 1.165) is 25.9 Å². The van der Waals surface area contributed by atoms with Gasteiger partial charge in [0, 0.05) is 13.1 Å². The molecule has 4 heteroatoms. The van der Waals surface area contributed by atoms with Crippen molar-refractivity contribution < 1.29 is 9.90 Å². The Labute approximate surface area is 108 Å². The van der Waals surface area contributed by atoms with Crippen LogP contribution in [0.3, 0.4) is 0 Å². The molecule has 1 fully saturated rings. The number of hydrogen-bond donors (Lipinski definition) is 2. The highest BCUT2D eigenvalue weighted by Crippen LogP contribution is 2.27. The van der Waals surface area contributed by atoms with Crippen molar-refractivity contribution in [1.82, 2.24) is 10.4 Å². The molecule has 4 nitrogen and oxygen atoms in total. The number of aliphatic carboxylic acids is 1. The molecular weight excluding hydrogens is 228 g/mol. The number of nitrogens with zero attached hydrogens (tertiary/aromatic N) is 1. The first-order chi connectivity index (χ1) is 8.63. The Balaban J connectivity index is 1.85. The molecule has 1 aliphatic heterocycles. The predicted molar refractivity (Wildman–Crippen MR) is 70.1 cm³/mol. The van der Waals surface area contributed by atoms with Gasteiger partial charge < -0.3 is 5.11 Å². The summed E-state index contributed by atoms with van der Waals surface area (Å²) in [5, 5.41) is 11.2. The van der Waals surface area contributed by atoms with Gasteiger partial charge in [-0.2, -0.15) is 0 Å². The number of benzene rings is 1. The van der Waals surface area contributed by atoms with Crippen molar-refractivity contribution in [2.24, 2.45) is 0 Å². The highest BCUT2D eigenvalue weighted by Gasteiger charge is 2.43. The molecule has 2 rings (SSSR count). The molecule has 1 atom stereocenters. The van der Waals surface area contributed by atoms with Gasteiger partial charge >= 0.3 is 5.97 Å². The summed E-state index contributed by atoms with van der Waals surface area (Å²) in [6.45, 7) is 3.36. The number of nitrogens with one attached hydrogen (secondary N) is 1. The fourth-order valence-corrected chi connectivity index (χ4v) is 2.42. The van der Waals surface area contributed by atoms with Gasteiger partial charge in [-0.25, -0.2) is 5.01 Å². The third-order valence-electron chi connectivity index (χ3n) is 3.66. The molecule has 98 valence electrons. The molecule has 0 aliphatic carbocycles. The molecule has 1 aliphatic rings. The highest BCUT2D eigenvalue weighted by atomic mass is 16.4. The molecule has 18 heavy (non-hydrogen) atoms. The number of carbonyl (C=O) groups is 1. The van der Waals surface area contributed by atoms with Gasteiger partial charge in [0.2, 0.25) is 0 Å². The first-order valence-corrected chi connectivity index (χ1v) is 6.41. The van der Waals surface area contributed by atoms with Crippen molar-refractivity contribution >= 4 is 5.97 Å². The van der Waals surface area contributed by atoms with E-state index in [1.807, 2.05) is 23.2 Å². The van der Waals surface area contributed by atoms with Crippen LogP contribution < -0.4 is 5.43 Å². The van der Waals surface area contributed by atoms with Gasteiger partial charge in [-0.05, 0) is 31.7 Å². The van der Waals surface area contributed by atoms with Crippen LogP contribution in [0.2, 0.25) is 0 Å². The fourth-order valence-electron chi connectivity index (χ4n) is 2.42. The SMILES string of the molecule is CC1(C(=O)O)CCCN1NCCc1ccccc1. The number of carboxylic acids is 1. The lowest BCUT2D eigenvalue weighted by Gasteiger charge is -2.31. The van der Waals surface area contributed by atoms with E-state index in [1.54, 1.807) is 6.92 Å². The topological polar surface area (TPSA) is 52.6 Å². The Morgan fingerprint density at radius 2 is 2.17 bits per heavy atom. The van der Waals surface area contributed by atoms with E-state index in [4.69, 9.17) is 0 Å². The van der Waals surface area contributed by atoms with Gasteiger partial charge in [-0.3, -0.25) is 10.2 Å². The van der Waals surface area contributed by atoms with E-state index in [-0.39, 0.29) is 0 Å². The van der Waals surface area contributed by atoms with E-state index in [0.29, 0.717) is 6.42 Å². The van der Waals surface area contributed by atoms with Gasteiger partial charge in [0.05, 0.1) is 0 Å². The lowest BCUT2D eigenvalue weighted by molar-refractivity contribution is -0.150. The van der Waals surface area contributed by atoms with Gasteiger partial charge in [0.15, 0.2) is 0 Å². The maximum absolute atomic E-state index is 11.3. The Hall–Kier alpha value is -1.39. The molecule has 0 amide bonds. The van der Waals surface area contributed by atoms with E-state index in [2.05, 4.69) is 17.6 Å². The number of rotatable bonds is 5. The van der Waals surface area contributed by atoms with Gasteiger partial charge in [-0.15, -0.1) is 0 Å². The average Bonchev–Trinajstić information content (AvgIpc) is 2.74. The lowest BCUT2D eigenvalue weighted by atomic mass is 10.0. The molecule has 1 saturated heterocycles. The van der Waals surface area contributed by atoms with Crippen molar-refractivity contribution in [3.8, 4) is 0 Å². The third-order valence-corrected chi connectivity index (χ3v) is 3.66. The van der Waals surface area contributed by atoms with Crippen LogP contribution in [0, 0.1) is 0 Å². The smallest absolute Gasteiger partial charge is 0.325 e. The Bertz CT molecular complexity index is 408. The van der Waals surface area contributed by atoms with Crippen LogP contribution in [-0.2, 0) is 11.2 Å². The Morgan fingerprint density at radius 3 is 2.83 bits per heavy atom. The maximum atomic E-state index is 11.3. The monoisotopic (exact) mass is 248 g/mol. The zero-order valence-electron chi connectivity index (χ0n) is 10.7. The molecule has 0 saturated carbocycles. The van der Waals surface area contributed by atoms with Gasteiger partial charge in [0.25, 0.3) is 0 Å². The molecule has 0 bridgehead atoms. The first kappa shape index (κ1) is 13.1. The normalized spacial score (nSPS) is 24.3. The standard InChI is InChI=1S/C14H20N2O2/c1-14(13(17)18)9-5-11-16(14)15-10-8-12-6-3-2-4-7-12/h2-4,6-7,15H,5,8-11H2,1H3,(H,17,18). The molecule has 0 spiro atoms. The molecule has 1 aromatic carbocycles. The highest BCUT2D eigenvalue weighted by molar-refractivity contribution is 5.78. The van der Waals surface area contributed by atoms with E-state index >= 15 is 0 Å². The summed E-state index contributed by atoms with van der Waals surface area (Å²) in [5.74, 6) is -0.743. The van der Waals surface area contributed by atoms with Crippen molar-refractivity contribution in [3.05, 3.63) is 35.9 Å². The molecule has 1 heterocycles. The van der Waals surface area contributed by atoms with Crippen LogP contribution >= 0.6 is 0 Å². The van der Waals surface area contributed by atoms with Gasteiger partial charge in [-0.1, -0.05) is 30.3 Å². The third kappa shape index (κ3) is 2.71. The molecular formula is C14H20N2O2. The van der Waals surface area contributed by atoms with Crippen LogP contribution in [0.15, 0.2) is 30.3 Å². The zero-order valence-corrected chi connectivity index (χ0v) is 10.7. The summed E-state index contributed by atoms with van der Waals surface area (Å²) < 4.78 is 0. The molecule has 0 aromatic heterocycles. The van der Waals surface area contributed by atoms with Gasteiger partial charge in [0.1, 0.15) is 5.54 Å². The van der Waals surface area contributed by atoms with E-state index in [9.17, 15) is 9.90 Å². The predicted octanol–water partition coefficient (Wildman–Crippen LogP) is 1.67. The second-order valence-electron chi connectivity index (χ2n) is 4.98. The average molecular weight is 248 g/mol. The van der Waals surface area contributed by atoms with E-state index in [1.165, 1.54) is 5.56 Å². The van der Waals surface area contributed by atoms with E-state index < -0.39 is 11.5 Å². The quantitative estimate of drug-likeness (QED) is 0.832. The zero-order chi connectivity index (χ0) is 13.0. The summed E-state index contributed by atoms with van der Waals surface area (Å²) in [5.41, 5.74) is 3.77. The van der Waals surface area contributed by atoms with Crippen molar-refractivity contribution in [1.29, 1.82) is 0 Å². The van der Waals surface area contributed by atoms with Crippen LogP contribution in [-0.4, -0.2) is 34.7 Å². The summed E-state index contributed by atoms with van der Waals surface area (Å²) in [4.78, 5) is 11.3. The summed E-state index contributed by atoms with van der Waals surface area (Å²) in [6, 6.07) is 10.2. The minimum Gasteiger partial charge on any atom is -0.480 e. The number of hydrazine groups is 1. The summed E-state index contributed by atoms with van der Waals surface area (Å²) >= 11 is 0. The largest absolute Gasteiger partial charge is 0.480 e. The minimum atomic E-state index is -0.753. The molecule has 1 unspecified atom stereocenters. The molecule has 0 radical (unpaired) electrons. The fraction of sp³-hybridized carbons (Fsp3) is 0.500. The maximum Gasteiger partial charge on any atom is 0.325 e. The van der Waals surface area contributed by atoms with Crippen molar-refractivity contribution in [2.75, 3.05) is 13.1 Å². The minimum absolute atomic E-state index is 0.709. The second kappa shape index (κ2) is 5.50. The van der Waals surface area contributed by atoms with Crippen LogP contribution in [0.4, 0.5) is 0 Å². The van der Waals surface area contributed by atoms with Crippen LogP contribution in [0.5, 0.6) is 0 Å². The number of hydrogen-bond acceptors (Lipinski definition) is 3. The molecule has 1 aromatic rings. The van der Waals surface area contributed by atoms with Crippen molar-refractivity contribution in [3.63, 3.8) is 0 Å². The lowest BCUT2D eigenvalue weighted by Crippen LogP contribution is -2.54. The second-order valence-corrected chi connectivity index (χ2v) is 4.98. The van der Waals surface area contributed by atoms with Crippen molar-refractivity contribution in [2.45, 2.75) is 31.7 Å². The van der Waals surface area contributed by atoms with Crippen LogP contribution in [0.1, 0.15) is 25.3 Å². The summed E-state index contributed by atoms with van der Waals surface area (Å²) in [7, 11) is 0. The Kier molecular flexibility index (Phi) is 3.99.